The maximum absolute atomic E-state index is 12.5. The number of aryl methyl sites for hydroxylation is 2. The lowest BCUT2D eigenvalue weighted by Crippen LogP contribution is -2.19. The Hall–Kier alpha value is -3.41. The normalized spacial score (nSPS) is 11.0. The molecular weight excluding hydrogens is 342 g/mol. The molecule has 6 heteroatoms. The van der Waals surface area contributed by atoms with Gasteiger partial charge in [-0.15, -0.1) is 0 Å². The fourth-order valence-electron chi connectivity index (χ4n) is 2.83. The van der Waals surface area contributed by atoms with E-state index in [4.69, 9.17) is 9.47 Å². The number of fused-ring (bicyclic) bond motifs is 1. The molecule has 6 nitrogen and oxygen atoms in total. The molecule has 0 aliphatic rings. The van der Waals surface area contributed by atoms with Crippen LogP contribution in [-0.4, -0.2) is 31.3 Å². The highest BCUT2D eigenvalue weighted by Crippen LogP contribution is 2.22. The van der Waals surface area contributed by atoms with Crippen molar-refractivity contribution in [1.29, 1.82) is 0 Å². The van der Waals surface area contributed by atoms with Crippen LogP contribution < -0.4 is 14.9 Å². The fraction of sp³-hybridized carbons (Fsp3) is 0.190. The highest BCUT2D eigenvalue weighted by atomic mass is 16.5. The Morgan fingerprint density at radius 2 is 1.93 bits per heavy atom. The Morgan fingerprint density at radius 3 is 2.67 bits per heavy atom. The van der Waals surface area contributed by atoms with Gasteiger partial charge in [-0.05, 0) is 43.7 Å². The minimum atomic E-state index is -0.318. The van der Waals surface area contributed by atoms with Gasteiger partial charge in [0.15, 0.2) is 0 Å². The van der Waals surface area contributed by atoms with Crippen LogP contribution in [0.4, 0.5) is 0 Å². The molecule has 0 spiro atoms. The smallest absolute Gasteiger partial charge is 0.273 e. The highest BCUT2D eigenvalue weighted by Gasteiger charge is 2.12. The van der Waals surface area contributed by atoms with Gasteiger partial charge in [-0.2, -0.15) is 5.10 Å². The van der Waals surface area contributed by atoms with E-state index in [2.05, 4.69) is 15.5 Å². The van der Waals surface area contributed by atoms with E-state index in [-0.39, 0.29) is 5.91 Å². The van der Waals surface area contributed by atoms with Crippen LogP contribution in [0.15, 0.2) is 47.6 Å². The van der Waals surface area contributed by atoms with Crippen LogP contribution in [0, 0.1) is 13.8 Å². The van der Waals surface area contributed by atoms with Gasteiger partial charge in [0.2, 0.25) is 0 Å². The number of aromatic nitrogens is 1. The number of ether oxygens (including phenoxy) is 2. The molecule has 0 unspecified atom stereocenters. The SMILES string of the molecule is COc1ccc(OC)c(C=NNC(=O)c2cc3cccc(C)c3nc2C)c1. The first kappa shape index (κ1) is 18.4. The summed E-state index contributed by atoms with van der Waals surface area (Å²) in [5, 5.41) is 4.97. The average molecular weight is 363 g/mol. The number of rotatable bonds is 5. The topological polar surface area (TPSA) is 72.8 Å². The summed E-state index contributed by atoms with van der Waals surface area (Å²) in [4.78, 5) is 17.1. The second kappa shape index (κ2) is 7.86. The lowest BCUT2D eigenvalue weighted by atomic mass is 10.1. The molecule has 3 rings (SSSR count). The van der Waals surface area contributed by atoms with Gasteiger partial charge in [-0.1, -0.05) is 18.2 Å². The van der Waals surface area contributed by atoms with Crippen LogP contribution in [0.2, 0.25) is 0 Å². The van der Waals surface area contributed by atoms with Crippen molar-refractivity contribution in [2.75, 3.05) is 14.2 Å². The Morgan fingerprint density at radius 1 is 1.11 bits per heavy atom. The molecule has 1 aromatic heterocycles. The number of hydrazone groups is 1. The monoisotopic (exact) mass is 363 g/mol. The summed E-state index contributed by atoms with van der Waals surface area (Å²) < 4.78 is 10.5. The van der Waals surface area contributed by atoms with Crippen molar-refractivity contribution in [3.63, 3.8) is 0 Å². The molecule has 1 heterocycles. The van der Waals surface area contributed by atoms with Crippen molar-refractivity contribution in [1.82, 2.24) is 10.4 Å². The third-order valence-corrected chi connectivity index (χ3v) is 4.29. The molecule has 1 amide bonds. The maximum Gasteiger partial charge on any atom is 0.273 e. The van der Waals surface area contributed by atoms with Gasteiger partial charge < -0.3 is 9.47 Å². The largest absolute Gasteiger partial charge is 0.497 e. The minimum Gasteiger partial charge on any atom is -0.497 e. The van der Waals surface area contributed by atoms with Crippen molar-refractivity contribution in [3.8, 4) is 11.5 Å². The van der Waals surface area contributed by atoms with E-state index in [0.717, 1.165) is 16.5 Å². The molecule has 0 radical (unpaired) electrons. The van der Waals surface area contributed by atoms with Gasteiger partial charge >= 0.3 is 0 Å². The van der Waals surface area contributed by atoms with Crippen molar-refractivity contribution in [2.45, 2.75) is 13.8 Å². The van der Waals surface area contributed by atoms with E-state index in [0.29, 0.717) is 28.3 Å². The first-order chi connectivity index (χ1) is 13.0. The Bertz CT molecular complexity index is 1030. The second-order valence-electron chi connectivity index (χ2n) is 6.07. The first-order valence-corrected chi connectivity index (χ1v) is 8.46. The van der Waals surface area contributed by atoms with E-state index >= 15 is 0 Å². The molecule has 138 valence electrons. The number of carbonyl (C=O) groups excluding carboxylic acids is 1. The average Bonchev–Trinajstić information content (AvgIpc) is 2.68. The number of nitrogens with zero attached hydrogens (tertiary/aromatic N) is 2. The van der Waals surface area contributed by atoms with E-state index in [1.165, 1.54) is 6.21 Å². The summed E-state index contributed by atoms with van der Waals surface area (Å²) in [7, 11) is 3.16. The first-order valence-electron chi connectivity index (χ1n) is 8.46. The highest BCUT2D eigenvalue weighted by molar-refractivity contribution is 5.99. The Kier molecular flexibility index (Phi) is 5.35. The predicted molar refractivity (Wildman–Crippen MR) is 106 cm³/mol. The van der Waals surface area contributed by atoms with Gasteiger partial charge in [0.25, 0.3) is 5.91 Å². The molecule has 0 fully saturated rings. The van der Waals surface area contributed by atoms with Gasteiger partial charge in [-0.3, -0.25) is 9.78 Å². The van der Waals surface area contributed by atoms with Gasteiger partial charge in [-0.25, -0.2) is 5.43 Å². The molecule has 0 bridgehead atoms. The van der Waals surface area contributed by atoms with Crippen molar-refractivity contribution >= 4 is 23.0 Å². The zero-order chi connectivity index (χ0) is 19.4. The van der Waals surface area contributed by atoms with Crippen LogP contribution in [0.5, 0.6) is 11.5 Å². The number of amides is 1. The van der Waals surface area contributed by atoms with Crippen LogP contribution >= 0.6 is 0 Å². The molecule has 1 N–H and O–H groups in total. The number of benzene rings is 2. The molecule has 0 saturated heterocycles. The van der Waals surface area contributed by atoms with Crippen molar-refractivity contribution in [3.05, 3.63) is 64.8 Å². The summed E-state index contributed by atoms with van der Waals surface area (Å²) in [6.07, 6.45) is 1.52. The lowest BCUT2D eigenvalue weighted by molar-refractivity contribution is 0.0954. The summed E-state index contributed by atoms with van der Waals surface area (Å²) in [5.41, 5.74) is 6.36. The molecule has 0 saturated carbocycles. The van der Waals surface area contributed by atoms with Gasteiger partial charge in [0.05, 0.1) is 37.2 Å². The maximum atomic E-state index is 12.5. The van der Waals surface area contributed by atoms with Crippen LogP contribution in [0.1, 0.15) is 27.2 Å². The Labute approximate surface area is 157 Å². The fourth-order valence-corrected chi connectivity index (χ4v) is 2.83. The third kappa shape index (κ3) is 3.89. The third-order valence-electron chi connectivity index (χ3n) is 4.29. The molecule has 0 aliphatic heterocycles. The lowest BCUT2D eigenvalue weighted by Gasteiger charge is -2.08. The zero-order valence-electron chi connectivity index (χ0n) is 15.7. The van der Waals surface area contributed by atoms with E-state index in [1.807, 2.05) is 38.1 Å². The molecule has 2 aromatic carbocycles. The Balaban J connectivity index is 1.83. The van der Waals surface area contributed by atoms with E-state index in [1.54, 1.807) is 32.4 Å². The summed E-state index contributed by atoms with van der Waals surface area (Å²) in [6.45, 7) is 3.82. The molecule has 0 atom stereocenters. The number of para-hydroxylation sites is 1. The number of methoxy groups -OCH3 is 2. The number of nitrogens with one attached hydrogen (secondary N) is 1. The van der Waals surface area contributed by atoms with Crippen LogP contribution in [0.3, 0.4) is 0 Å². The molecule has 3 aromatic rings. The van der Waals surface area contributed by atoms with E-state index < -0.39 is 0 Å². The number of pyridine rings is 1. The minimum absolute atomic E-state index is 0.318. The van der Waals surface area contributed by atoms with Gasteiger partial charge in [0, 0.05) is 10.9 Å². The van der Waals surface area contributed by atoms with Crippen LogP contribution in [0.25, 0.3) is 10.9 Å². The predicted octanol–water partition coefficient (Wildman–Crippen LogP) is 3.63. The quantitative estimate of drug-likeness (QED) is 0.555. The summed E-state index contributed by atoms with van der Waals surface area (Å²) >= 11 is 0. The standard InChI is InChI=1S/C21H21N3O3/c1-13-6-5-7-15-11-18(14(2)23-20(13)15)21(25)24-22-12-16-10-17(26-3)8-9-19(16)27-4/h5-12H,1-4H3,(H,24,25). The second-order valence-corrected chi connectivity index (χ2v) is 6.07. The van der Waals surface area contributed by atoms with Crippen molar-refractivity contribution in [2.24, 2.45) is 5.10 Å². The van der Waals surface area contributed by atoms with Crippen molar-refractivity contribution < 1.29 is 14.3 Å². The molecular formula is C21H21N3O3. The number of hydrogen-bond donors (Lipinski definition) is 1. The number of carbonyl (C=O) groups is 1. The number of hydrogen-bond acceptors (Lipinski definition) is 5. The summed E-state index contributed by atoms with van der Waals surface area (Å²) in [6, 6.07) is 13.1. The van der Waals surface area contributed by atoms with Crippen LogP contribution in [-0.2, 0) is 0 Å². The van der Waals surface area contributed by atoms with E-state index in [9.17, 15) is 4.79 Å². The zero-order valence-corrected chi connectivity index (χ0v) is 15.7. The van der Waals surface area contributed by atoms with Gasteiger partial charge in [0.1, 0.15) is 11.5 Å². The summed E-state index contributed by atoms with van der Waals surface area (Å²) in [5.74, 6) is 0.989. The molecule has 27 heavy (non-hydrogen) atoms. The molecule has 0 aliphatic carbocycles.